The van der Waals surface area contributed by atoms with E-state index in [1.54, 1.807) is 17.6 Å². The topological polar surface area (TPSA) is 85.4 Å². The van der Waals surface area contributed by atoms with Crippen LogP contribution in [0.25, 0.3) is 0 Å². The lowest BCUT2D eigenvalue weighted by Crippen LogP contribution is -2.55. The zero-order valence-electron chi connectivity index (χ0n) is 19.9. The van der Waals surface area contributed by atoms with Gasteiger partial charge in [-0.2, -0.15) is 0 Å². The fourth-order valence-corrected chi connectivity index (χ4v) is 4.95. The van der Waals surface area contributed by atoms with Crippen LogP contribution in [0.1, 0.15) is 45.7 Å². The second-order valence-electron chi connectivity index (χ2n) is 9.31. The summed E-state index contributed by atoms with van der Waals surface area (Å²) >= 11 is 0. The van der Waals surface area contributed by atoms with E-state index in [0.29, 0.717) is 44.0 Å². The van der Waals surface area contributed by atoms with Crippen LogP contribution >= 0.6 is 0 Å². The van der Waals surface area contributed by atoms with E-state index in [0.717, 1.165) is 42.9 Å². The fourth-order valence-electron chi connectivity index (χ4n) is 4.95. The van der Waals surface area contributed by atoms with E-state index in [1.165, 1.54) is 0 Å². The van der Waals surface area contributed by atoms with Crippen LogP contribution in [0.2, 0.25) is 0 Å². The molecule has 2 heterocycles. The molecule has 2 fully saturated rings. The lowest BCUT2D eigenvalue weighted by atomic mass is 10.0. The summed E-state index contributed by atoms with van der Waals surface area (Å²) in [6, 6.07) is 16.1. The molecule has 34 heavy (non-hydrogen) atoms. The molecular formula is C26H34N4O4. The van der Waals surface area contributed by atoms with Crippen molar-refractivity contribution in [2.45, 2.75) is 39.0 Å². The number of hydroxylamine groups is 1. The van der Waals surface area contributed by atoms with Gasteiger partial charge >= 0.3 is 0 Å². The van der Waals surface area contributed by atoms with Gasteiger partial charge in [-0.25, -0.2) is 5.48 Å². The molecule has 0 spiro atoms. The van der Waals surface area contributed by atoms with E-state index in [-0.39, 0.29) is 5.91 Å². The Morgan fingerprint density at radius 2 is 1.62 bits per heavy atom. The SMILES string of the molecule is CC1CN(Cc2ccc(C(=O)NO)cc2)CC(C)N1Cc1cccc(C(=O)N2CCOCC2)c1. The predicted octanol–water partition coefficient (Wildman–Crippen LogP) is 2.37. The van der Waals surface area contributed by atoms with E-state index in [9.17, 15) is 9.59 Å². The molecule has 2 aromatic rings. The average Bonchev–Trinajstić information content (AvgIpc) is 2.86. The van der Waals surface area contributed by atoms with Crippen molar-refractivity contribution in [1.82, 2.24) is 20.2 Å². The second kappa shape index (κ2) is 11.1. The first-order valence-electron chi connectivity index (χ1n) is 11.9. The first-order chi connectivity index (χ1) is 16.4. The van der Waals surface area contributed by atoms with Crippen molar-refractivity contribution in [2.75, 3.05) is 39.4 Å². The van der Waals surface area contributed by atoms with E-state index >= 15 is 0 Å². The van der Waals surface area contributed by atoms with Crippen molar-refractivity contribution in [2.24, 2.45) is 0 Å². The standard InChI is InChI=1S/C26H34N4O4/c1-19-15-28(17-21-6-8-23(9-7-21)25(31)27-33)16-20(2)30(19)18-22-4-3-5-24(14-22)26(32)29-10-12-34-13-11-29/h3-9,14,19-20,33H,10-13,15-18H2,1-2H3,(H,27,31). The molecule has 2 aliphatic heterocycles. The Balaban J connectivity index is 1.36. The van der Waals surface area contributed by atoms with Crippen LogP contribution in [0, 0.1) is 0 Å². The number of amides is 2. The molecule has 0 saturated carbocycles. The van der Waals surface area contributed by atoms with Crippen molar-refractivity contribution < 1.29 is 19.5 Å². The molecule has 0 bridgehead atoms. The highest BCUT2D eigenvalue weighted by Crippen LogP contribution is 2.22. The zero-order chi connectivity index (χ0) is 24.1. The van der Waals surface area contributed by atoms with Gasteiger partial charge in [-0.15, -0.1) is 0 Å². The molecule has 0 radical (unpaired) electrons. The molecule has 8 nitrogen and oxygen atoms in total. The van der Waals surface area contributed by atoms with Crippen molar-refractivity contribution in [3.8, 4) is 0 Å². The van der Waals surface area contributed by atoms with E-state index in [1.807, 2.05) is 35.2 Å². The van der Waals surface area contributed by atoms with E-state index < -0.39 is 5.91 Å². The number of morpholine rings is 1. The highest BCUT2D eigenvalue weighted by molar-refractivity contribution is 5.94. The Labute approximate surface area is 201 Å². The third-order valence-corrected chi connectivity index (χ3v) is 6.74. The highest BCUT2D eigenvalue weighted by atomic mass is 16.5. The fraction of sp³-hybridized carbons (Fsp3) is 0.462. The summed E-state index contributed by atoms with van der Waals surface area (Å²) in [6.07, 6.45) is 0. The summed E-state index contributed by atoms with van der Waals surface area (Å²) in [5, 5.41) is 8.77. The van der Waals surface area contributed by atoms with E-state index in [2.05, 4.69) is 29.7 Å². The number of hydrogen-bond donors (Lipinski definition) is 2. The Hall–Kier alpha value is -2.78. The lowest BCUT2D eigenvalue weighted by molar-refractivity contribution is 0.0286. The maximum atomic E-state index is 12.9. The van der Waals surface area contributed by atoms with Crippen LogP contribution in [0.5, 0.6) is 0 Å². The number of nitrogens with one attached hydrogen (secondary N) is 1. The summed E-state index contributed by atoms with van der Waals surface area (Å²) in [5.74, 6) is -0.420. The number of hydrogen-bond acceptors (Lipinski definition) is 6. The van der Waals surface area contributed by atoms with Crippen molar-refractivity contribution in [1.29, 1.82) is 0 Å². The molecule has 2 aliphatic rings. The van der Waals surface area contributed by atoms with Crippen molar-refractivity contribution in [3.63, 3.8) is 0 Å². The quantitative estimate of drug-likeness (QED) is 0.502. The predicted molar refractivity (Wildman–Crippen MR) is 129 cm³/mol. The van der Waals surface area contributed by atoms with Crippen LogP contribution < -0.4 is 5.48 Å². The van der Waals surface area contributed by atoms with Gasteiger partial charge in [-0.3, -0.25) is 24.6 Å². The number of ether oxygens (including phenoxy) is 1. The molecule has 2 saturated heterocycles. The smallest absolute Gasteiger partial charge is 0.274 e. The summed E-state index contributed by atoms with van der Waals surface area (Å²) in [4.78, 5) is 31.2. The summed E-state index contributed by atoms with van der Waals surface area (Å²) in [6.45, 7) is 10.5. The van der Waals surface area contributed by atoms with Crippen molar-refractivity contribution >= 4 is 11.8 Å². The van der Waals surface area contributed by atoms with Gasteiger partial charge in [-0.1, -0.05) is 24.3 Å². The minimum Gasteiger partial charge on any atom is -0.378 e. The molecule has 2 N–H and O–H groups in total. The second-order valence-corrected chi connectivity index (χ2v) is 9.31. The minimum absolute atomic E-state index is 0.0820. The average molecular weight is 467 g/mol. The van der Waals surface area contributed by atoms with Gasteiger partial charge in [0.1, 0.15) is 0 Å². The third kappa shape index (κ3) is 5.82. The monoisotopic (exact) mass is 466 g/mol. The van der Waals surface area contributed by atoms with Crippen molar-refractivity contribution in [3.05, 3.63) is 70.8 Å². The van der Waals surface area contributed by atoms with Gasteiger partial charge in [0.2, 0.25) is 0 Å². The maximum absolute atomic E-state index is 12.9. The Morgan fingerprint density at radius 3 is 2.26 bits per heavy atom. The van der Waals surface area contributed by atoms with Crippen LogP contribution in [0.15, 0.2) is 48.5 Å². The maximum Gasteiger partial charge on any atom is 0.274 e. The number of piperazine rings is 1. The van der Waals surface area contributed by atoms with Gasteiger partial charge < -0.3 is 9.64 Å². The molecular weight excluding hydrogens is 432 g/mol. The molecule has 182 valence electrons. The molecule has 2 unspecified atom stereocenters. The van der Waals surface area contributed by atoms with Gasteiger partial charge in [-0.05, 0) is 49.2 Å². The number of nitrogens with zero attached hydrogens (tertiary/aromatic N) is 3. The lowest BCUT2D eigenvalue weighted by Gasteiger charge is -2.44. The van der Waals surface area contributed by atoms with Crippen LogP contribution in [-0.2, 0) is 17.8 Å². The Morgan fingerprint density at radius 1 is 0.941 bits per heavy atom. The minimum atomic E-state index is -0.502. The Kier molecular flexibility index (Phi) is 7.95. The van der Waals surface area contributed by atoms with Crippen LogP contribution in [0.3, 0.4) is 0 Å². The first-order valence-corrected chi connectivity index (χ1v) is 11.9. The van der Waals surface area contributed by atoms with Crippen LogP contribution in [-0.4, -0.2) is 83.2 Å². The summed E-state index contributed by atoms with van der Waals surface area (Å²) in [7, 11) is 0. The third-order valence-electron chi connectivity index (χ3n) is 6.74. The molecule has 8 heteroatoms. The number of benzene rings is 2. The van der Waals surface area contributed by atoms with Gasteiger partial charge in [0.25, 0.3) is 11.8 Å². The molecule has 2 amide bonds. The molecule has 4 rings (SSSR count). The first kappa shape index (κ1) is 24.3. The van der Waals surface area contributed by atoms with E-state index in [4.69, 9.17) is 9.94 Å². The highest BCUT2D eigenvalue weighted by Gasteiger charge is 2.29. The number of rotatable bonds is 6. The number of carbonyl (C=O) groups excluding carboxylic acids is 2. The van der Waals surface area contributed by atoms with Crippen LogP contribution in [0.4, 0.5) is 0 Å². The summed E-state index contributed by atoms with van der Waals surface area (Å²) in [5.41, 5.74) is 5.14. The number of carbonyl (C=O) groups is 2. The summed E-state index contributed by atoms with van der Waals surface area (Å²) < 4.78 is 5.37. The molecule has 2 aromatic carbocycles. The molecule has 0 aromatic heterocycles. The zero-order valence-corrected chi connectivity index (χ0v) is 19.9. The van der Waals surface area contributed by atoms with Gasteiger partial charge in [0.15, 0.2) is 0 Å². The molecule has 0 aliphatic carbocycles. The van der Waals surface area contributed by atoms with Gasteiger partial charge in [0, 0.05) is 62.5 Å². The normalized spacial score (nSPS) is 21.9. The Bertz CT molecular complexity index is 979. The molecule has 2 atom stereocenters. The van der Waals surface area contributed by atoms with Gasteiger partial charge in [0.05, 0.1) is 13.2 Å². The largest absolute Gasteiger partial charge is 0.378 e.